The Morgan fingerprint density at radius 3 is 2.37 bits per heavy atom. The minimum Gasteiger partial charge on any atom is -0.324 e. The number of aromatic nitrogens is 2. The molecule has 3 rings (SSSR count). The Morgan fingerprint density at radius 2 is 1.70 bits per heavy atom. The SMILES string of the molecule is CCc1ccccc1NC(=O)CN(C)C(=O)Nc1ccccc1-n1c(C)c[nH]c1=O. The lowest BCUT2D eigenvalue weighted by atomic mass is 10.1. The summed E-state index contributed by atoms with van der Waals surface area (Å²) in [5.74, 6) is -0.292. The molecule has 0 aliphatic rings. The van der Waals surface area contributed by atoms with Gasteiger partial charge in [-0.25, -0.2) is 9.59 Å². The van der Waals surface area contributed by atoms with E-state index < -0.39 is 6.03 Å². The molecule has 1 aromatic heterocycles. The molecule has 0 saturated heterocycles. The number of benzene rings is 2. The van der Waals surface area contributed by atoms with Crippen LogP contribution in [0.5, 0.6) is 0 Å². The van der Waals surface area contributed by atoms with Crippen LogP contribution in [-0.4, -0.2) is 40.0 Å². The number of aryl methyl sites for hydroxylation is 2. The lowest BCUT2D eigenvalue weighted by Gasteiger charge is -2.19. The van der Waals surface area contributed by atoms with E-state index in [1.54, 1.807) is 37.4 Å². The smallest absolute Gasteiger partial charge is 0.324 e. The average Bonchev–Trinajstić information content (AvgIpc) is 3.06. The molecule has 2 aromatic carbocycles. The molecule has 30 heavy (non-hydrogen) atoms. The van der Waals surface area contributed by atoms with Gasteiger partial charge in [0.15, 0.2) is 0 Å². The minimum atomic E-state index is -0.456. The highest BCUT2D eigenvalue weighted by molar-refractivity contribution is 5.98. The molecule has 1 heterocycles. The molecule has 8 heteroatoms. The summed E-state index contributed by atoms with van der Waals surface area (Å²) in [6, 6.07) is 14.1. The third kappa shape index (κ3) is 4.60. The molecule has 0 bridgehead atoms. The van der Waals surface area contributed by atoms with Crippen molar-refractivity contribution in [3.8, 4) is 5.69 Å². The van der Waals surface area contributed by atoms with E-state index in [0.29, 0.717) is 17.1 Å². The molecule has 8 nitrogen and oxygen atoms in total. The van der Waals surface area contributed by atoms with Gasteiger partial charge in [-0.15, -0.1) is 0 Å². The summed E-state index contributed by atoms with van der Waals surface area (Å²) in [7, 11) is 1.54. The Bertz CT molecular complexity index is 1120. The van der Waals surface area contributed by atoms with Crippen LogP contribution in [-0.2, 0) is 11.2 Å². The largest absolute Gasteiger partial charge is 0.330 e. The van der Waals surface area contributed by atoms with Gasteiger partial charge in [-0.1, -0.05) is 37.3 Å². The summed E-state index contributed by atoms with van der Waals surface area (Å²) in [6.07, 6.45) is 2.40. The Labute approximate surface area is 174 Å². The summed E-state index contributed by atoms with van der Waals surface area (Å²) in [4.78, 5) is 41.1. The standard InChI is InChI=1S/C22H25N5O3/c1-4-16-9-5-6-10-17(16)24-20(28)14-26(3)22(30)25-18-11-7-8-12-19(18)27-15(2)13-23-21(27)29/h5-13H,4,14H2,1-3H3,(H,23,29)(H,24,28)(H,25,30). The first-order valence-corrected chi connectivity index (χ1v) is 9.67. The van der Waals surface area contributed by atoms with Crippen LogP contribution < -0.4 is 16.3 Å². The zero-order valence-electron chi connectivity index (χ0n) is 17.2. The first-order valence-electron chi connectivity index (χ1n) is 9.67. The number of urea groups is 1. The van der Waals surface area contributed by atoms with E-state index >= 15 is 0 Å². The number of amides is 3. The maximum absolute atomic E-state index is 12.7. The van der Waals surface area contributed by atoms with Gasteiger partial charge in [0.1, 0.15) is 6.54 Å². The van der Waals surface area contributed by atoms with Gasteiger partial charge in [-0.05, 0) is 37.1 Å². The molecule has 0 atom stereocenters. The number of anilines is 2. The monoisotopic (exact) mass is 407 g/mol. The summed E-state index contributed by atoms with van der Waals surface area (Å²) in [6.45, 7) is 3.69. The van der Waals surface area contributed by atoms with Gasteiger partial charge >= 0.3 is 11.7 Å². The van der Waals surface area contributed by atoms with E-state index in [2.05, 4.69) is 15.6 Å². The van der Waals surface area contributed by atoms with E-state index in [1.165, 1.54) is 16.5 Å². The second-order valence-corrected chi connectivity index (χ2v) is 6.93. The van der Waals surface area contributed by atoms with Crippen LogP contribution in [0.15, 0.2) is 59.5 Å². The first-order chi connectivity index (χ1) is 14.4. The number of hydrogen-bond acceptors (Lipinski definition) is 3. The van der Waals surface area contributed by atoms with E-state index in [9.17, 15) is 14.4 Å². The van der Waals surface area contributed by atoms with E-state index in [0.717, 1.165) is 17.7 Å². The molecule has 0 radical (unpaired) electrons. The van der Waals surface area contributed by atoms with Crippen molar-refractivity contribution in [2.75, 3.05) is 24.2 Å². The zero-order valence-corrected chi connectivity index (χ0v) is 17.2. The van der Waals surface area contributed by atoms with Gasteiger partial charge in [0.2, 0.25) is 5.91 Å². The summed E-state index contributed by atoms with van der Waals surface area (Å²) >= 11 is 0. The van der Waals surface area contributed by atoms with Crippen molar-refractivity contribution < 1.29 is 9.59 Å². The molecule has 0 aliphatic carbocycles. The van der Waals surface area contributed by atoms with Crippen molar-refractivity contribution >= 4 is 23.3 Å². The average molecular weight is 407 g/mol. The lowest BCUT2D eigenvalue weighted by Crippen LogP contribution is -2.38. The van der Waals surface area contributed by atoms with Crippen LogP contribution in [0.4, 0.5) is 16.2 Å². The highest BCUT2D eigenvalue weighted by atomic mass is 16.2. The number of nitrogens with one attached hydrogen (secondary N) is 3. The number of carbonyl (C=O) groups is 2. The maximum Gasteiger partial charge on any atom is 0.330 e. The fraction of sp³-hybridized carbons (Fsp3) is 0.227. The highest BCUT2D eigenvalue weighted by Gasteiger charge is 2.17. The number of likely N-dealkylation sites (N-methyl/N-ethyl adjacent to an activating group) is 1. The Kier molecular flexibility index (Phi) is 6.36. The van der Waals surface area contributed by atoms with E-state index in [1.807, 2.05) is 31.2 Å². The molecule has 0 aliphatic heterocycles. The van der Waals surface area contributed by atoms with Gasteiger partial charge in [0.25, 0.3) is 0 Å². The molecule has 0 spiro atoms. The van der Waals surface area contributed by atoms with Gasteiger partial charge in [-0.3, -0.25) is 9.36 Å². The van der Waals surface area contributed by atoms with Crippen LogP contribution in [0.25, 0.3) is 5.69 Å². The second-order valence-electron chi connectivity index (χ2n) is 6.93. The van der Waals surface area contributed by atoms with Gasteiger partial charge < -0.3 is 20.5 Å². The topological polar surface area (TPSA) is 99.2 Å². The molecule has 3 aromatic rings. The Hall–Kier alpha value is -3.81. The van der Waals surface area contributed by atoms with Crippen LogP contribution in [0.2, 0.25) is 0 Å². The Morgan fingerprint density at radius 1 is 1.03 bits per heavy atom. The predicted molar refractivity (Wildman–Crippen MR) is 117 cm³/mol. The second kappa shape index (κ2) is 9.13. The van der Waals surface area contributed by atoms with Gasteiger partial charge in [0.05, 0.1) is 11.4 Å². The van der Waals surface area contributed by atoms with E-state index in [4.69, 9.17) is 0 Å². The molecule has 0 unspecified atom stereocenters. The number of rotatable bonds is 6. The number of H-pyrrole nitrogens is 1. The van der Waals surface area contributed by atoms with Crippen molar-refractivity contribution in [2.45, 2.75) is 20.3 Å². The predicted octanol–water partition coefficient (Wildman–Crippen LogP) is 3.14. The molecular formula is C22H25N5O3. The normalized spacial score (nSPS) is 10.5. The van der Waals surface area contributed by atoms with Crippen molar-refractivity contribution in [1.29, 1.82) is 0 Å². The number of para-hydroxylation sites is 3. The summed E-state index contributed by atoms with van der Waals surface area (Å²) in [5.41, 5.74) is 3.20. The molecule has 3 amide bonds. The van der Waals surface area contributed by atoms with E-state index in [-0.39, 0.29) is 18.1 Å². The van der Waals surface area contributed by atoms with Crippen LogP contribution in [0.1, 0.15) is 18.2 Å². The summed E-state index contributed by atoms with van der Waals surface area (Å²) < 4.78 is 1.48. The van der Waals surface area contributed by atoms with Crippen molar-refractivity contribution in [3.63, 3.8) is 0 Å². The number of imidazole rings is 1. The van der Waals surface area contributed by atoms with Crippen LogP contribution in [0, 0.1) is 6.92 Å². The van der Waals surface area contributed by atoms with Crippen molar-refractivity contribution in [2.24, 2.45) is 0 Å². The molecule has 3 N–H and O–H groups in total. The van der Waals surface area contributed by atoms with Crippen LogP contribution in [0.3, 0.4) is 0 Å². The number of aromatic amines is 1. The zero-order chi connectivity index (χ0) is 21.7. The first kappa shape index (κ1) is 20.9. The highest BCUT2D eigenvalue weighted by Crippen LogP contribution is 2.20. The van der Waals surface area contributed by atoms with Gasteiger partial charge in [0, 0.05) is 24.6 Å². The molecule has 0 saturated carbocycles. The van der Waals surface area contributed by atoms with Crippen LogP contribution >= 0.6 is 0 Å². The summed E-state index contributed by atoms with van der Waals surface area (Å²) in [5, 5.41) is 5.63. The minimum absolute atomic E-state index is 0.116. The Balaban J connectivity index is 1.70. The third-order valence-electron chi connectivity index (χ3n) is 4.75. The van der Waals surface area contributed by atoms with Crippen molar-refractivity contribution in [3.05, 3.63) is 76.5 Å². The fourth-order valence-electron chi connectivity index (χ4n) is 3.17. The van der Waals surface area contributed by atoms with Gasteiger partial charge in [-0.2, -0.15) is 0 Å². The molecule has 156 valence electrons. The lowest BCUT2D eigenvalue weighted by molar-refractivity contribution is -0.116. The maximum atomic E-state index is 12.7. The molecule has 0 fully saturated rings. The third-order valence-corrected chi connectivity index (χ3v) is 4.75. The van der Waals surface area contributed by atoms with Crippen molar-refractivity contribution in [1.82, 2.24) is 14.5 Å². The quantitative estimate of drug-likeness (QED) is 0.585. The fourth-order valence-corrected chi connectivity index (χ4v) is 3.17. The number of carbonyl (C=O) groups excluding carboxylic acids is 2. The molecular weight excluding hydrogens is 382 g/mol. The number of hydrogen-bond donors (Lipinski definition) is 3. The number of nitrogens with zero attached hydrogens (tertiary/aromatic N) is 2.